The second-order valence-corrected chi connectivity index (χ2v) is 6.88. The second-order valence-electron chi connectivity index (χ2n) is 6.88. The van der Waals surface area contributed by atoms with Gasteiger partial charge in [0.25, 0.3) is 11.7 Å². The Labute approximate surface area is 175 Å². The Bertz CT molecular complexity index is 997. The number of phenols is 1. The number of hydrogen-bond acceptors (Lipinski definition) is 6. The molecule has 1 aliphatic rings. The number of phenolic OH excluding ortho intramolecular Hbond substituents is 1. The number of aromatic hydroxyl groups is 1. The molecule has 0 bridgehead atoms. The highest BCUT2D eigenvalue weighted by atomic mass is 16.5. The first-order valence-corrected chi connectivity index (χ1v) is 9.81. The van der Waals surface area contributed by atoms with E-state index >= 15 is 0 Å². The van der Waals surface area contributed by atoms with Crippen LogP contribution < -0.4 is 9.47 Å². The lowest BCUT2D eigenvalue weighted by molar-refractivity contribution is -0.139. The molecule has 1 unspecified atom stereocenters. The molecule has 1 amide bonds. The number of benzene rings is 2. The molecule has 2 aromatic carbocycles. The van der Waals surface area contributed by atoms with Crippen LogP contribution in [0.4, 0.5) is 0 Å². The summed E-state index contributed by atoms with van der Waals surface area (Å²) in [6.07, 6.45) is 0.630. The fourth-order valence-corrected chi connectivity index (χ4v) is 3.63. The Hall–Kier alpha value is -3.48. The number of carbonyl (C=O) groups excluding carboxylic acids is 2. The summed E-state index contributed by atoms with van der Waals surface area (Å²) in [5, 5.41) is 21.3. The van der Waals surface area contributed by atoms with Gasteiger partial charge in [-0.15, -0.1) is 0 Å². The van der Waals surface area contributed by atoms with Crippen LogP contribution in [-0.2, 0) is 9.59 Å². The molecule has 2 aromatic rings. The van der Waals surface area contributed by atoms with E-state index in [9.17, 15) is 19.8 Å². The maximum atomic E-state index is 12.9. The number of Topliss-reactive ketones (excluding diaryl/α,β-unsaturated/α-hetero) is 1. The second kappa shape index (κ2) is 8.90. The number of aliphatic hydroxyl groups excluding tert-OH is 1. The molecule has 1 aliphatic heterocycles. The first-order valence-electron chi connectivity index (χ1n) is 9.81. The predicted octanol–water partition coefficient (Wildman–Crippen LogP) is 3.63. The average molecular weight is 411 g/mol. The molecule has 2 N–H and O–H groups in total. The summed E-state index contributed by atoms with van der Waals surface area (Å²) >= 11 is 0. The quantitative estimate of drug-likeness (QED) is 0.410. The van der Waals surface area contributed by atoms with E-state index in [-0.39, 0.29) is 22.8 Å². The van der Waals surface area contributed by atoms with Crippen molar-refractivity contribution in [1.82, 2.24) is 4.90 Å². The van der Waals surface area contributed by atoms with Gasteiger partial charge >= 0.3 is 0 Å². The molecule has 1 saturated heterocycles. The van der Waals surface area contributed by atoms with Gasteiger partial charge in [-0.25, -0.2) is 0 Å². The average Bonchev–Trinajstić information content (AvgIpc) is 2.99. The van der Waals surface area contributed by atoms with Crippen LogP contribution >= 0.6 is 0 Å². The number of ether oxygens (including phenoxy) is 2. The van der Waals surface area contributed by atoms with Gasteiger partial charge < -0.3 is 24.6 Å². The highest BCUT2D eigenvalue weighted by Gasteiger charge is 2.45. The van der Waals surface area contributed by atoms with Gasteiger partial charge in [-0.1, -0.05) is 25.1 Å². The van der Waals surface area contributed by atoms with Crippen molar-refractivity contribution < 1.29 is 29.3 Å². The van der Waals surface area contributed by atoms with Crippen LogP contribution in [0.25, 0.3) is 5.76 Å². The van der Waals surface area contributed by atoms with E-state index in [1.807, 2.05) is 13.8 Å². The molecule has 7 nitrogen and oxygen atoms in total. The zero-order valence-electron chi connectivity index (χ0n) is 17.2. The molecule has 0 spiro atoms. The van der Waals surface area contributed by atoms with Crippen LogP contribution in [0.15, 0.2) is 48.0 Å². The van der Waals surface area contributed by atoms with Crippen LogP contribution in [0.1, 0.15) is 37.4 Å². The molecule has 30 heavy (non-hydrogen) atoms. The van der Waals surface area contributed by atoms with Crippen molar-refractivity contribution in [3.63, 3.8) is 0 Å². The molecule has 158 valence electrons. The topological polar surface area (TPSA) is 96.3 Å². The lowest BCUT2D eigenvalue weighted by Gasteiger charge is -2.25. The van der Waals surface area contributed by atoms with E-state index in [0.29, 0.717) is 36.4 Å². The third kappa shape index (κ3) is 3.83. The van der Waals surface area contributed by atoms with Gasteiger partial charge in [0, 0.05) is 12.1 Å². The van der Waals surface area contributed by atoms with Crippen molar-refractivity contribution in [2.75, 3.05) is 20.3 Å². The molecular formula is C23H25NO6. The van der Waals surface area contributed by atoms with Crippen LogP contribution in [0.5, 0.6) is 17.2 Å². The van der Waals surface area contributed by atoms with Crippen LogP contribution in [0.3, 0.4) is 0 Å². The Kier molecular flexibility index (Phi) is 6.30. The Morgan fingerprint density at radius 2 is 1.90 bits per heavy atom. The standard InChI is InChI=1S/C23H25NO6/c1-4-11-24-20(14-9-10-18(29-3)17(25)13-14)19(22(27)23(24)28)21(26)15-7-6-8-16(12-15)30-5-2/h6-10,12-13,20,25-26H,4-5,11H2,1-3H3/b21-19-. The molecule has 7 heteroatoms. The van der Waals surface area contributed by atoms with Crippen molar-refractivity contribution >= 4 is 17.4 Å². The van der Waals surface area contributed by atoms with Gasteiger partial charge in [0.05, 0.1) is 25.3 Å². The monoisotopic (exact) mass is 411 g/mol. The van der Waals surface area contributed by atoms with Gasteiger partial charge in [-0.2, -0.15) is 0 Å². The van der Waals surface area contributed by atoms with E-state index in [1.54, 1.807) is 36.4 Å². The largest absolute Gasteiger partial charge is 0.507 e. The summed E-state index contributed by atoms with van der Waals surface area (Å²) in [6, 6.07) is 10.6. The van der Waals surface area contributed by atoms with E-state index in [4.69, 9.17) is 9.47 Å². The molecule has 0 saturated carbocycles. The smallest absolute Gasteiger partial charge is 0.295 e. The lowest BCUT2D eigenvalue weighted by atomic mass is 9.95. The number of carbonyl (C=O) groups is 2. The number of amides is 1. The minimum atomic E-state index is -0.822. The highest BCUT2D eigenvalue weighted by molar-refractivity contribution is 6.46. The molecule has 1 fully saturated rings. The Morgan fingerprint density at radius 1 is 1.13 bits per heavy atom. The van der Waals surface area contributed by atoms with Crippen molar-refractivity contribution in [1.29, 1.82) is 0 Å². The SMILES string of the molecule is CCCN1C(=O)C(=O)/C(=C(\O)c2cccc(OCC)c2)C1c1ccc(OC)c(O)c1. The number of methoxy groups -OCH3 is 1. The third-order valence-corrected chi connectivity index (χ3v) is 4.94. The van der Waals surface area contributed by atoms with Crippen LogP contribution in [0.2, 0.25) is 0 Å². The minimum Gasteiger partial charge on any atom is -0.507 e. The molecule has 0 aliphatic carbocycles. The molecule has 1 heterocycles. The fourth-order valence-electron chi connectivity index (χ4n) is 3.63. The number of likely N-dealkylation sites (tertiary alicyclic amines) is 1. The molecular weight excluding hydrogens is 386 g/mol. The molecule has 0 aromatic heterocycles. The number of hydrogen-bond donors (Lipinski definition) is 2. The maximum Gasteiger partial charge on any atom is 0.295 e. The van der Waals surface area contributed by atoms with E-state index in [0.717, 1.165) is 0 Å². The zero-order valence-corrected chi connectivity index (χ0v) is 17.2. The summed E-state index contributed by atoms with van der Waals surface area (Å²) < 4.78 is 10.6. The Balaban J connectivity index is 2.17. The van der Waals surface area contributed by atoms with E-state index in [1.165, 1.54) is 18.1 Å². The van der Waals surface area contributed by atoms with Gasteiger partial charge in [0.1, 0.15) is 11.5 Å². The summed E-state index contributed by atoms with van der Waals surface area (Å²) in [5.74, 6) is -1.02. The van der Waals surface area contributed by atoms with Crippen LogP contribution in [0, 0.1) is 0 Å². The lowest BCUT2D eigenvalue weighted by Crippen LogP contribution is -2.30. The third-order valence-electron chi connectivity index (χ3n) is 4.94. The predicted molar refractivity (Wildman–Crippen MR) is 112 cm³/mol. The minimum absolute atomic E-state index is 0.0216. The summed E-state index contributed by atoms with van der Waals surface area (Å²) in [5.41, 5.74) is 0.855. The normalized spacial score (nSPS) is 18.0. The van der Waals surface area contributed by atoms with Crippen molar-refractivity contribution in [3.8, 4) is 17.2 Å². The number of rotatable bonds is 7. The maximum absolute atomic E-state index is 12.9. The molecule has 0 radical (unpaired) electrons. The van der Waals surface area contributed by atoms with Crippen molar-refractivity contribution in [3.05, 3.63) is 59.2 Å². The highest BCUT2D eigenvalue weighted by Crippen LogP contribution is 2.41. The van der Waals surface area contributed by atoms with E-state index < -0.39 is 17.7 Å². The summed E-state index contributed by atoms with van der Waals surface area (Å²) in [7, 11) is 1.43. The van der Waals surface area contributed by atoms with Gasteiger partial charge in [-0.05, 0) is 43.2 Å². The number of nitrogens with zero attached hydrogens (tertiary/aromatic N) is 1. The Morgan fingerprint density at radius 3 is 2.53 bits per heavy atom. The van der Waals surface area contributed by atoms with Crippen molar-refractivity contribution in [2.45, 2.75) is 26.3 Å². The summed E-state index contributed by atoms with van der Waals surface area (Å²) in [6.45, 7) is 4.53. The fraction of sp³-hybridized carbons (Fsp3) is 0.304. The number of ketones is 1. The van der Waals surface area contributed by atoms with E-state index in [2.05, 4.69) is 0 Å². The van der Waals surface area contributed by atoms with Crippen molar-refractivity contribution in [2.24, 2.45) is 0 Å². The van der Waals surface area contributed by atoms with Gasteiger partial charge in [-0.3, -0.25) is 9.59 Å². The zero-order chi connectivity index (χ0) is 21.8. The first-order chi connectivity index (χ1) is 14.4. The first kappa shape index (κ1) is 21.2. The molecule has 3 rings (SSSR count). The summed E-state index contributed by atoms with van der Waals surface area (Å²) in [4.78, 5) is 27.0. The van der Waals surface area contributed by atoms with Gasteiger partial charge in [0.2, 0.25) is 0 Å². The number of aliphatic hydroxyl groups is 1. The van der Waals surface area contributed by atoms with Gasteiger partial charge in [0.15, 0.2) is 11.5 Å². The van der Waals surface area contributed by atoms with Crippen LogP contribution in [-0.4, -0.2) is 47.1 Å². The molecule has 1 atom stereocenters.